The molecule has 1 N–H and O–H groups in total. The lowest BCUT2D eigenvalue weighted by Crippen LogP contribution is -2.36. The highest BCUT2D eigenvalue weighted by molar-refractivity contribution is 5.22. The van der Waals surface area contributed by atoms with Crippen LogP contribution in [-0.4, -0.2) is 12.6 Å². The van der Waals surface area contributed by atoms with Gasteiger partial charge in [0.25, 0.3) is 0 Å². The molecule has 0 bridgehead atoms. The first-order valence-electron chi connectivity index (χ1n) is 3.77. The van der Waals surface area contributed by atoms with Gasteiger partial charge in [0.05, 0.1) is 6.04 Å². The number of fused-ring (bicyclic) bond motifs is 1. The minimum atomic E-state index is 0.443. The van der Waals surface area contributed by atoms with Gasteiger partial charge in [0.1, 0.15) is 0 Å². The zero-order chi connectivity index (χ0) is 6.81. The number of rotatable bonds is 0. The van der Waals surface area contributed by atoms with Crippen molar-refractivity contribution in [1.29, 1.82) is 0 Å². The summed E-state index contributed by atoms with van der Waals surface area (Å²) in [7, 11) is 0. The summed E-state index contributed by atoms with van der Waals surface area (Å²) < 4.78 is 0. The van der Waals surface area contributed by atoms with Crippen molar-refractivity contribution < 1.29 is 0 Å². The van der Waals surface area contributed by atoms with Gasteiger partial charge < -0.3 is 5.32 Å². The zero-order valence-corrected chi connectivity index (χ0v) is 5.88. The summed E-state index contributed by atoms with van der Waals surface area (Å²) in [5, 5.41) is 7.68. The second kappa shape index (κ2) is 2.37. The highest BCUT2D eigenvalue weighted by Crippen LogP contribution is 2.15. The molecule has 0 saturated carbocycles. The van der Waals surface area contributed by atoms with Gasteiger partial charge >= 0.3 is 0 Å². The Kier molecular flexibility index (Phi) is 1.38. The maximum Gasteiger partial charge on any atom is 0.0894 e. The van der Waals surface area contributed by atoms with Crippen LogP contribution < -0.4 is 10.6 Å². The Hall–Kier alpha value is -0.920. The van der Waals surface area contributed by atoms with Crippen molar-refractivity contribution in [2.45, 2.75) is 18.9 Å². The van der Waals surface area contributed by atoms with Crippen molar-refractivity contribution in [2.24, 2.45) is 0 Å². The molecule has 0 amide bonds. The third-order valence-corrected chi connectivity index (χ3v) is 1.97. The van der Waals surface area contributed by atoms with Crippen LogP contribution in [0, 0.1) is 0 Å². The van der Waals surface area contributed by atoms with Gasteiger partial charge in [0.2, 0.25) is 0 Å². The van der Waals surface area contributed by atoms with Crippen LogP contribution in [0.15, 0.2) is 24.0 Å². The lowest BCUT2D eigenvalue weighted by molar-refractivity contribution is 0.475. The van der Waals surface area contributed by atoms with Gasteiger partial charge in [0.15, 0.2) is 0 Å². The van der Waals surface area contributed by atoms with Crippen molar-refractivity contribution in [2.75, 3.05) is 6.54 Å². The second-order valence-corrected chi connectivity index (χ2v) is 2.70. The van der Waals surface area contributed by atoms with Crippen molar-refractivity contribution >= 4 is 0 Å². The van der Waals surface area contributed by atoms with Crippen LogP contribution in [0.1, 0.15) is 12.8 Å². The largest absolute Gasteiger partial charge is 0.387 e. The lowest BCUT2D eigenvalue weighted by atomic mass is 10.0. The molecule has 2 rings (SSSR count). The first-order chi connectivity index (χ1) is 4.97. The minimum Gasteiger partial charge on any atom is -0.387 e. The Labute approximate surface area is 61.0 Å². The zero-order valence-electron chi connectivity index (χ0n) is 5.88. The fourth-order valence-electron chi connectivity index (χ4n) is 1.43. The molecule has 10 heavy (non-hydrogen) atoms. The van der Waals surface area contributed by atoms with Gasteiger partial charge in [-0.15, -0.1) is 0 Å². The van der Waals surface area contributed by atoms with E-state index in [-0.39, 0.29) is 0 Å². The summed E-state index contributed by atoms with van der Waals surface area (Å²) in [6.45, 7) is 1.12. The van der Waals surface area contributed by atoms with E-state index in [0.717, 1.165) is 6.54 Å². The smallest absolute Gasteiger partial charge is 0.0894 e. The van der Waals surface area contributed by atoms with E-state index in [1.807, 2.05) is 12.3 Å². The third-order valence-electron chi connectivity index (χ3n) is 1.97. The molecular formula is C8H11N2. The number of allylic oxidation sites excluding steroid dienone is 2. The summed E-state index contributed by atoms with van der Waals surface area (Å²) >= 11 is 0. The van der Waals surface area contributed by atoms with E-state index >= 15 is 0 Å². The molecule has 1 radical (unpaired) electrons. The predicted octanol–water partition coefficient (Wildman–Crippen LogP) is 0.754. The molecule has 0 aromatic rings. The molecule has 1 unspecified atom stereocenters. The number of nitrogens with zero attached hydrogens (tertiary/aromatic N) is 1. The van der Waals surface area contributed by atoms with Crippen LogP contribution in [-0.2, 0) is 0 Å². The average molecular weight is 135 g/mol. The molecule has 1 fully saturated rings. The van der Waals surface area contributed by atoms with E-state index in [2.05, 4.69) is 16.7 Å². The SMILES string of the molecule is C1=C[N]C2CCCNC2=C1. The van der Waals surface area contributed by atoms with Gasteiger partial charge in [-0.3, -0.25) is 5.32 Å². The fourth-order valence-corrected chi connectivity index (χ4v) is 1.43. The fraction of sp³-hybridized carbons (Fsp3) is 0.500. The van der Waals surface area contributed by atoms with Gasteiger partial charge in [-0.2, -0.15) is 0 Å². The number of nitrogens with one attached hydrogen (secondary N) is 1. The molecule has 2 heterocycles. The van der Waals surface area contributed by atoms with Gasteiger partial charge in [-0.1, -0.05) is 0 Å². The van der Waals surface area contributed by atoms with Crippen LogP contribution in [0.25, 0.3) is 0 Å². The molecule has 1 atom stereocenters. The predicted molar refractivity (Wildman–Crippen MR) is 40.4 cm³/mol. The molecule has 0 aromatic heterocycles. The summed E-state index contributed by atoms with van der Waals surface area (Å²) in [6.07, 6.45) is 8.46. The number of hydrogen-bond donors (Lipinski definition) is 1. The minimum absolute atomic E-state index is 0.443. The molecule has 1 saturated heterocycles. The topological polar surface area (TPSA) is 26.1 Å². The standard InChI is InChI=1S/C8H11N2/c1-3-7-8(9-5-1)4-2-6-10-7/h1,3,5,8,10H,2,4,6H2. The quantitative estimate of drug-likeness (QED) is 0.521. The van der Waals surface area contributed by atoms with E-state index in [1.54, 1.807) is 0 Å². The van der Waals surface area contributed by atoms with Gasteiger partial charge in [0, 0.05) is 18.4 Å². The lowest BCUT2D eigenvalue weighted by Gasteiger charge is -2.27. The van der Waals surface area contributed by atoms with Gasteiger partial charge in [-0.05, 0) is 25.0 Å². The van der Waals surface area contributed by atoms with E-state index in [0.29, 0.717) is 6.04 Å². The Balaban J connectivity index is 2.14. The summed E-state index contributed by atoms with van der Waals surface area (Å²) in [5.74, 6) is 0. The first kappa shape index (κ1) is 5.83. The van der Waals surface area contributed by atoms with Crippen LogP contribution in [0.5, 0.6) is 0 Å². The Morgan fingerprint density at radius 1 is 1.60 bits per heavy atom. The van der Waals surface area contributed by atoms with Crippen molar-refractivity contribution in [3.05, 3.63) is 24.0 Å². The number of hydrogen-bond acceptors (Lipinski definition) is 1. The molecule has 0 aliphatic carbocycles. The molecule has 53 valence electrons. The van der Waals surface area contributed by atoms with Gasteiger partial charge in [-0.25, -0.2) is 0 Å². The van der Waals surface area contributed by atoms with E-state index in [1.165, 1.54) is 18.5 Å². The van der Waals surface area contributed by atoms with E-state index in [4.69, 9.17) is 0 Å². The van der Waals surface area contributed by atoms with Crippen LogP contribution in [0.2, 0.25) is 0 Å². The van der Waals surface area contributed by atoms with E-state index < -0.39 is 0 Å². The summed E-state index contributed by atoms with van der Waals surface area (Å²) in [5.41, 5.74) is 1.30. The highest BCUT2D eigenvalue weighted by atomic mass is 15.0. The third kappa shape index (κ3) is 0.897. The maximum absolute atomic E-state index is 4.34. The van der Waals surface area contributed by atoms with Crippen molar-refractivity contribution in [3.63, 3.8) is 0 Å². The molecule has 0 spiro atoms. The number of piperidine rings is 1. The normalized spacial score (nSPS) is 29.6. The Bertz CT molecular complexity index is 182. The molecular weight excluding hydrogens is 124 g/mol. The molecule has 2 aliphatic heterocycles. The molecule has 2 heteroatoms. The van der Waals surface area contributed by atoms with Crippen LogP contribution in [0.3, 0.4) is 0 Å². The summed E-state index contributed by atoms with van der Waals surface area (Å²) in [6, 6.07) is 0.443. The summed E-state index contributed by atoms with van der Waals surface area (Å²) in [4.78, 5) is 0. The first-order valence-corrected chi connectivity index (χ1v) is 3.77. The Morgan fingerprint density at radius 3 is 3.50 bits per heavy atom. The maximum atomic E-state index is 4.34. The highest BCUT2D eigenvalue weighted by Gasteiger charge is 2.18. The second-order valence-electron chi connectivity index (χ2n) is 2.70. The van der Waals surface area contributed by atoms with Crippen molar-refractivity contribution in [3.8, 4) is 0 Å². The van der Waals surface area contributed by atoms with Crippen molar-refractivity contribution in [1.82, 2.24) is 10.6 Å². The average Bonchev–Trinajstić information content (AvgIpc) is 2.05. The molecule has 2 aliphatic rings. The monoisotopic (exact) mass is 135 g/mol. The van der Waals surface area contributed by atoms with Crippen LogP contribution in [0.4, 0.5) is 0 Å². The van der Waals surface area contributed by atoms with Crippen LogP contribution >= 0.6 is 0 Å². The Morgan fingerprint density at radius 2 is 2.60 bits per heavy atom. The molecule has 2 nitrogen and oxygen atoms in total. The molecule has 0 aromatic carbocycles. The van der Waals surface area contributed by atoms with E-state index in [9.17, 15) is 0 Å².